The van der Waals surface area contributed by atoms with Crippen molar-refractivity contribution in [3.05, 3.63) is 65.2 Å². The second kappa shape index (κ2) is 8.03. The minimum atomic E-state index is -0.430. The number of nitrogens with one attached hydrogen (secondary N) is 1. The van der Waals surface area contributed by atoms with Crippen LogP contribution in [0.4, 0.5) is 10.5 Å². The molecule has 0 unspecified atom stereocenters. The van der Waals surface area contributed by atoms with Gasteiger partial charge in [-0.15, -0.1) is 11.8 Å². The van der Waals surface area contributed by atoms with Crippen molar-refractivity contribution in [2.24, 2.45) is 9.98 Å². The third kappa shape index (κ3) is 4.08. The van der Waals surface area contributed by atoms with Crippen LogP contribution in [0.5, 0.6) is 0 Å². The van der Waals surface area contributed by atoms with Crippen LogP contribution in [0.2, 0.25) is 0 Å². The van der Waals surface area contributed by atoms with Crippen molar-refractivity contribution in [1.82, 2.24) is 4.90 Å². The van der Waals surface area contributed by atoms with Crippen molar-refractivity contribution >= 4 is 34.2 Å². The van der Waals surface area contributed by atoms with E-state index in [0.29, 0.717) is 13.1 Å². The number of likely N-dealkylation sites (tertiary alicyclic amines) is 1. The molecule has 2 heterocycles. The highest BCUT2D eigenvalue weighted by Crippen LogP contribution is 2.35. The van der Waals surface area contributed by atoms with Crippen LogP contribution in [0.3, 0.4) is 0 Å². The van der Waals surface area contributed by atoms with Crippen LogP contribution in [-0.2, 0) is 0 Å². The molecule has 1 saturated heterocycles. The Balaban J connectivity index is 1.44. The summed E-state index contributed by atoms with van der Waals surface area (Å²) in [5.41, 5.74) is 4.89. The van der Waals surface area contributed by atoms with Crippen molar-refractivity contribution in [3.8, 4) is 0 Å². The van der Waals surface area contributed by atoms with E-state index in [2.05, 4.69) is 31.3 Å². The Kier molecular flexibility index (Phi) is 5.46. The average Bonchev–Trinajstić information content (AvgIpc) is 3.10. The van der Waals surface area contributed by atoms with Crippen molar-refractivity contribution in [2.45, 2.75) is 32.4 Å². The van der Waals surface area contributed by atoms with E-state index < -0.39 is 5.66 Å². The first kappa shape index (κ1) is 19.7. The Labute approximate surface area is 176 Å². The number of rotatable bonds is 2. The summed E-state index contributed by atoms with van der Waals surface area (Å²) in [7, 11) is 0. The van der Waals surface area contributed by atoms with Gasteiger partial charge >= 0.3 is 6.03 Å². The number of anilines is 1. The van der Waals surface area contributed by atoms with Gasteiger partial charge in [-0.2, -0.15) is 0 Å². The van der Waals surface area contributed by atoms with E-state index in [1.807, 2.05) is 47.6 Å². The topological polar surface area (TPSA) is 57.1 Å². The van der Waals surface area contributed by atoms with Crippen LogP contribution >= 0.6 is 11.8 Å². The molecule has 1 spiro atoms. The second-order valence-electron chi connectivity index (χ2n) is 7.65. The number of hydrogen-bond donors (Lipinski definition) is 1. The maximum Gasteiger partial charge on any atom is 0.321 e. The van der Waals surface area contributed by atoms with Gasteiger partial charge in [-0.1, -0.05) is 36.4 Å². The van der Waals surface area contributed by atoms with Crippen molar-refractivity contribution in [2.75, 3.05) is 24.7 Å². The molecule has 2 aliphatic heterocycles. The lowest BCUT2D eigenvalue weighted by atomic mass is 9.98. The zero-order valence-electron chi connectivity index (χ0n) is 17.1. The fourth-order valence-corrected chi connectivity index (χ4v) is 4.38. The number of nitrogens with zero attached hydrogens (tertiary/aromatic N) is 3. The molecule has 2 amide bonds. The van der Waals surface area contributed by atoms with Crippen molar-refractivity contribution < 1.29 is 4.79 Å². The van der Waals surface area contributed by atoms with Gasteiger partial charge in [0.25, 0.3) is 0 Å². The minimum absolute atomic E-state index is 0.0533. The lowest BCUT2D eigenvalue weighted by Gasteiger charge is -2.35. The molecule has 0 aliphatic carbocycles. The molecular formula is C23H26N4OS. The number of carbonyl (C=O) groups is 1. The van der Waals surface area contributed by atoms with E-state index in [1.165, 1.54) is 11.1 Å². The minimum Gasteiger partial charge on any atom is -0.324 e. The van der Waals surface area contributed by atoms with Crippen molar-refractivity contribution in [1.29, 1.82) is 0 Å². The number of piperidine rings is 1. The van der Waals surface area contributed by atoms with Gasteiger partial charge < -0.3 is 10.2 Å². The zero-order chi connectivity index (χ0) is 20.4. The third-order valence-corrected chi connectivity index (χ3v) is 6.35. The standard InChI is InChI=1S/C23H26N4OS/c1-16-9-10-19(15-17(16)2)24-22(28)27-13-11-23(12-14-27)25-20(21(26-23)29-3)18-7-5-4-6-8-18/h4-10,15H,11-14H2,1-3H3,(H,24,28). The van der Waals surface area contributed by atoms with E-state index in [9.17, 15) is 4.79 Å². The normalized spacial score (nSPS) is 17.8. The number of thioether (sulfide) groups is 1. The molecule has 0 radical (unpaired) electrons. The molecule has 4 rings (SSSR count). The van der Waals surface area contributed by atoms with Crippen LogP contribution in [0.15, 0.2) is 58.5 Å². The van der Waals surface area contributed by atoms with E-state index in [1.54, 1.807) is 11.8 Å². The molecule has 2 aromatic rings. The first-order chi connectivity index (χ1) is 14.0. The smallest absolute Gasteiger partial charge is 0.321 e. The van der Waals surface area contributed by atoms with Crippen LogP contribution in [0, 0.1) is 13.8 Å². The third-order valence-electron chi connectivity index (χ3n) is 5.68. The van der Waals surface area contributed by atoms with Gasteiger partial charge in [-0.3, -0.25) is 4.99 Å². The van der Waals surface area contributed by atoms with Gasteiger partial charge in [0, 0.05) is 37.2 Å². The number of aryl methyl sites for hydroxylation is 2. The van der Waals surface area contributed by atoms with E-state index in [4.69, 9.17) is 9.98 Å². The van der Waals surface area contributed by atoms with Gasteiger partial charge in [-0.05, 0) is 43.4 Å². The molecule has 1 fully saturated rings. The Hall–Kier alpha value is -2.60. The number of amides is 2. The van der Waals surface area contributed by atoms with E-state index >= 15 is 0 Å². The predicted octanol–water partition coefficient (Wildman–Crippen LogP) is 4.89. The Morgan fingerprint density at radius 1 is 1.03 bits per heavy atom. The number of hydrogen-bond acceptors (Lipinski definition) is 4. The predicted molar refractivity (Wildman–Crippen MR) is 122 cm³/mol. The second-order valence-corrected chi connectivity index (χ2v) is 8.44. The molecule has 0 atom stereocenters. The van der Waals surface area contributed by atoms with Crippen LogP contribution in [-0.4, -0.2) is 46.7 Å². The van der Waals surface area contributed by atoms with Crippen LogP contribution in [0.25, 0.3) is 0 Å². The molecule has 150 valence electrons. The van der Waals surface area contributed by atoms with Gasteiger partial charge in [0.15, 0.2) is 5.66 Å². The molecule has 29 heavy (non-hydrogen) atoms. The number of carbonyl (C=O) groups excluding carboxylic acids is 1. The summed E-state index contributed by atoms with van der Waals surface area (Å²) in [5, 5.41) is 4.01. The summed E-state index contributed by atoms with van der Waals surface area (Å²) in [5.74, 6) is 0. The number of urea groups is 1. The highest BCUT2D eigenvalue weighted by Gasteiger charge is 2.40. The lowest BCUT2D eigenvalue weighted by Crippen LogP contribution is -2.46. The SMILES string of the molecule is CSC1=NC2(CCN(C(=O)Nc3ccc(C)c(C)c3)CC2)N=C1c1ccccc1. The summed E-state index contributed by atoms with van der Waals surface area (Å²) < 4.78 is 0. The fourth-order valence-electron chi connectivity index (χ4n) is 3.76. The Morgan fingerprint density at radius 2 is 1.76 bits per heavy atom. The molecule has 0 aromatic heterocycles. The monoisotopic (exact) mass is 406 g/mol. The first-order valence-corrected chi connectivity index (χ1v) is 11.1. The maximum absolute atomic E-state index is 12.7. The Morgan fingerprint density at radius 3 is 2.41 bits per heavy atom. The molecular weight excluding hydrogens is 380 g/mol. The van der Waals surface area contributed by atoms with Crippen LogP contribution < -0.4 is 5.32 Å². The summed E-state index contributed by atoms with van der Waals surface area (Å²) >= 11 is 1.64. The fraction of sp³-hybridized carbons (Fsp3) is 0.348. The summed E-state index contributed by atoms with van der Waals surface area (Å²) in [4.78, 5) is 24.6. The molecule has 2 aliphatic rings. The molecule has 0 saturated carbocycles. The molecule has 2 aromatic carbocycles. The zero-order valence-corrected chi connectivity index (χ0v) is 17.9. The van der Waals surface area contributed by atoms with E-state index in [-0.39, 0.29) is 6.03 Å². The quantitative estimate of drug-likeness (QED) is 0.772. The molecule has 6 heteroatoms. The number of aliphatic imine (C=N–C) groups is 2. The summed E-state index contributed by atoms with van der Waals surface area (Å²) in [6.07, 6.45) is 3.53. The van der Waals surface area contributed by atoms with Gasteiger partial charge in [0.2, 0.25) is 0 Å². The average molecular weight is 407 g/mol. The highest BCUT2D eigenvalue weighted by molar-refractivity contribution is 8.15. The van der Waals surface area contributed by atoms with Crippen molar-refractivity contribution in [3.63, 3.8) is 0 Å². The summed E-state index contributed by atoms with van der Waals surface area (Å²) in [6, 6.07) is 16.2. The van der Waals surface area contributed by atoms with Gasteiger partial charge in [0.1, 0.15) is 5.04 Å². The highest BCUT2D eigenvalue weighted by atomic mass is 32.2. The molecule has 0 bridgehead atoms. The number of benzene rings is 2. The largest absolute Gasteiger partial charge is 0.324 e. The molecule has 5 nitrogen and oxygen atoms in total. The van der Waals surface area contributed by atoms with Crippen LogP contribution in [0.1, 0.15) is 29.5 Å². The lowest BCUT2D eigenvalue weighted by molar-refractivity contribution is 0.175. The van der Waals surface area contributed by atoms with Gasteiger partial charge in [0.05, 0.1) is 5.71 Å². The maximum atomic E-state index is 12.7. The molecule has 1 N–H and O–H groups in total. The Bertz CT molecular complexity index is 976. The summed E-state index contributed by atoms with van der Waals surface area (Å²) in [6.45, 7) is 5.42. The van der Waals surface area contributed by atoms with Gasteiger partial charge in [-0.25, -0.2) is 9.79 Å². The van der Waals surface area contributed by atoms with E-state index in [0.717, 1.165) is 34.8 Å². The first-order valence-electron chi connectivity index (χ1n) is 9.92.